The highest BCUT2D eigenvalue weighted by Gasteiger charge is 2.30. The van der Waals surface area contributed by atoms with Crippen LogP contribution in [0.4, 0.5) is 0 Å². The fourth-order valence-electron chi connectivity index (χ4n) is 2.17. The van der Waals surface area contributed by atoms with Gasteiger partial charge in [0.25, 0.3) is 0 Å². The maximum Gasteiger partial charge on any atom is 0.309 e. The molecule has 0 amide bonds. The first-order valence-corrected chi connectivity index (χ1v) is 9.37. The molecule has 8 nitrogen and oxygen atoms in total. The maximum absolute atomic E-state index is 12.1. The molecule has 1 rings (SSSR count). The molecule has 0 saturated carbocycles. The van der Waals surface area contributed by atoms with Crippen LogP contribution in [0.1, 0.15) is 18.9 Å². The van der Waals surface area contributed by atoms with Crippen LogP contribution < -0.4 is 0 Å². The number of aromatic hydroxyl groups is 2. The predicted molar refractivity (Wildman–Crippen MR) is 85.4 cm³/mol. The lowest BCUT2D eigenvalue weighted by atomic mass is 10.0. The number of phenols is 2. The molecule has 24 heavy (non-hydrogen) atoms. The van der Waals surface area contributed by atoms with Crippen LogP contribution in [0, 0.1) is 5.92 Å². The van der Waals surface area contributed by atoms with Gasteiger partial charge in [0.1, 0.15) is 0 Å². The zero-order valence-electron chi connectivity index (χ0n) is 13.2. The van der Waals surface area contributed by atoms with Crippen molar-refractivity contribution in [2.75, 3.05) is 18.9 Å². The average Bonchev–Trinajstić information content (AvgIpc) is 2.48. The van der Waals surface area contributed by atoms with E-state index in [0.717, 1.165) is 0 Å². The topological polar surface area (TPSA) is 141 Å². The SMILES string of the molecule is CCOC(=O)C(Cc1ccc(O)c(O)c1)CP(=O)(O)CCC(=O)O. The molecule has 134 valence electrons. The van der Waals surface area contributed by atoms with Crippen LogP contribution in [0.25, 0.3) is 0 Å². The van der Waals surface area contributed by atoms with Crippen LogP contribution in [0.2, 0.25) is 0 Å². The van der Waals surface area contributed by atoms with Crippen molar-refractivity contribution in [1.82, 2.24) is 0 Å². The molecule has 0 saturated heterocycles. The number of carbonyl (C=O) groups excluding carboxylic acids is 1. The Morgan fingerprint density at radius 2 is 1.92 bits per heavy atom. The molecular weight excluding hydrogens is 339 g/mol. The zero-order chi connectivity index (χ0) is 18.3. The number of carbonyl (C=O) groups is 2. The van der Waals surface area contributed by atoms with Crippen molar-refractivity contribution in [3.05, 3.63) is 23.8 Å². The first kappa shape index (κ1) is 20.0. The molecule has 0 aliphatic carbocycles. The highest BCUT2D eigenvalue weighted by Crippen LogP contribution is 2.44. The summed E-state index contributed by atoms with van der Waals surface area (Å²) in [7, 11) is -3.83. The summed E-state index contributed by atoms with van der Waals surface area (Å²) < 4.78 is 17.0. The number of esters is 1. The van der Waals surface area contributed by atoms with Gasteiger partial charge in [-0.15, -0.1) is 0 Å². The Morgan fingerprint density at radius 1 is 1.25 bits per heavy atom. The van der Waals surface area contributed by atoms with Crippen LogP contribution in [-0.4, -0.2) is 51.1 Å². The Labute approximate surface area is 139 Å². The second-order valence-corrected chi connectivity index (χ2v) is 7.88. The zero-order valence-corrected chi connectivity index (χ0v) is 14.1. The summed E-state index contributed by atoms with van der Waals surface area (Å²) in [5.41, 5.74) is 0.474. The van der Waals surface area contributed by atoms with Gasteiger partial charge in [0.05, 0.1) is 18.9 Å². The second kappa shape index (κ2) is 8.70. The van der Waals surface area contributed by atoms with Gasteiger partial charge >= 0.3 is 11.9 Å². The number of carboxylic acid groups (broad SMARTS) is 1. The summed E-state index contributed by atoms with van der Waals surface area (Å²) in [4.78, 5) is 32.5. The van der Waals surface area contributed by atoms with Crippen LogP contribution in [-0.2, 0) is 25.3 Å². The van der Waals surface area contributed by atoms with Crippen LogP contribution >= 0.6 is 7.37 Å². The molecule has 4 N–H and O–H groups in total. The highest BCUT2D eigenvalue weighted by atomic mass is 31.2. The van der Waals surface area contributed by atoms with Gasteiger partial charge in [0.2, 0.25) is 7.37 Å². The molecule has 0 aliphatic rings. The van der Waals surface area contributed by atoms with E-state index < -0.39 is 44.0 Å². The molecule has 2 unspecified atom stereocenters. The van der Waals surface area contributed by atoms with Gasteiger partial charge in [-0.05, 0) is 31.0 Å². The third-order valence-electron chi connectivity index (χ3n) is 3.32. The summed E-state index contributed by atoms with van der Waals surface area (Å²) in [5.74, 6) is -3.51. The lowest BCUT2D eigenvalue weighted by molar-refractivity contribution is -0.147. The molecular formula is C15H21O8P. The summed E-state index contributed by atoms with van der Waals surface area (Å²) >= 11 is 0. The molecule has 2 atom stereocenters. The highest BCUT2D eigenvalue weighted by molar-refractivity contribution is 7.58. The molecule has 9 heteroatoms. The van der Waals surface area contributed by atoms with Crippen molar-refractivity contribution in [3.8, 4) is 11.5 Å². The van der Waals surface area contributed by atoms with E-state index in [9.17, 15) is 29.3 Å². The van der Waals surface area contributed by atoms with Crippen LogP contribution in [0.15, 0.2) is 18.2 Å². The van der Waals surface area contributed by atoms with E-state index in [1.54, 1.807) is 6.92 Å². The Morgan fingerprint density at radius 3 is 2.46 bits per heavy atom. The molecule has 0 aliphatic heterocycles. The predicted octanol–water partition coefficient (Wildman–Crippen LogP) is 1.56. The van der Waals surface area contributed by atoms with E-state index in [0.29, 0.717) is 5.56 Å². The van der Waals surface area contributed by atoms with Crippen molar-refractivity contribution < 1.29 is 39.1 Å². The van der Waals surface area contributed by atoms with E-state index in [1.807, 2.05) is 0 Å². The molecule has 0 fully saturated rings. The number of carboxylic acids is 1. The monoisotopic (exact) mass is 360 g/mol. The van der Waals surface area contributed by atoms with Crippen LogP contribution in [0.3, 0.4) is 0 Å². The van der Waals surface area contributed by atoms with Gasteiger partial charge < -0.3 is 24.9 Å². The lowest BCUT2D eigenvalue weighted by Crippen LogP contribution is -2.24. The minimum Gasteiger partial charge on any atom is -0.504 e. The number of hydrogen-bond donors (Lipinski definition) is 4. The molecule has 0 bridgehead atoms. The molecule has 0 radical (unpaired) electrons. The van der Waals surface area contributed by atoms with Gasteiger partial charge in [-0.2, -0.15) is 0 Å². The maximum atomic E-state index is 12.1. The molecule has 0 spiro atoms. The number of aliphatic carboxylic acids is 1. The molecule has 0 aromatic heterocycles. The Balaban J connectivity index is 2.91. The smallest absolute Gasteiger partial charge is 0.309 e. The van der Waals surface area contributed by atoms with E-state index in [4.69, 9.17) is 9.84 Å². The van der Waals surface area contributed by atoms with Crippen molar-refractivity contribution in [1.29, 1.82) is 0 Å². The van der Waals surface area contributed by atoms with E-state index >= 15 is 0 Å². The van der Waals surface area contributed by atoms with E-state index in [1.165, 1.54) is 18.2 Å². The fraction of sp³-hybridized carbons (Fsp3) is 0.467. The van der Waals surface area contributed by atoms with Gasteiger partial charge in [0.15, 0.2) is 11.5 Å². The minimum atomic E-state index is -3.83. The first-order chi connectivity index (χ1) is 11.1. The van der Waals surface area contributed by atoms with Gasteiger partial charge in [-0.25, -0.2) is 0 Å². The normalized spacial score (nSPS) is 14.6. The summed E-state index contributed by atoms with van der Waals surface area (Å²) in [6, 6.07) is 3.97. The van der Waals surface area contributed by atoms with E-state index in [-0.39, 0.29) is 24.5 Å². The number of ether oxygens (including phenoxy) is 1. The molecule has 1 aromatic rings. The number of rotatable bonds is 9. The van der Waals surface area contributed by atoms with Crippen molar-refractivity contribution in [3.63, 3.8) is 0 Å². The summed E-state index contributed by atoms with van der Waals surface area (Å²) in [6.07, 6.45) is -1.30. The fourth-order valence-corrected chi connectivity index (χ4v) is 3.86. The molecule has 1 aromatic carbocycles. The van der Waals surface area contributed by atoms with E-state index in [2.05, 4.69) is 0 Å². The van der Waals surface area contributed by atoms with Crippen molar-refractivity contribution in [2.24, 2.45) is 5.92 Å². The van der Waals surface area contributed by atoms with Crippen molar-refractivity contribution >= 4 is 19.3 Å². The van der Waals surface area contributed by atoms with Gasteiger partial charge in [0, 0.05) is 12.3 Å². The van der Waals surface area contributed by atoms with Gasteiger partial charge in [-0.3, -0.25) is 14.2 Å². The quantitative estimate of drug-likeness (QED) is 0.295. The average molecular weight is 360 g/mol. The third kappa shape index (κ3) is 6.60. The third-order valence-corrected chi connectivity index (χ3v) is 5.26. The second-order valence-electron chi connectivity index (χ2n) is 5.37. The number of phenolic OH excluding ortho intramolecular Hbond substituents is 2. The summed E-state index contributed by atoms with van der Waals surface area (Å²) in [5, 5.41) is 27.4. The van der Waals surface area contributed by atoms with Crippen LogP contribution in [0.5, 0.6) is 11.5 Å². The Hall–Kier alpha value is -2.05. The van der Waals surface area contributed by atoms with Gasteiger partial charge in [-0.1, -0.05) is 6.07 Å². The lowest BCUT2D eigenvalue weighted by Gasteiger charge is -2.19. The number of hydrogen-bond acceptors (Lipinski definition) is 6. The Kier molecular flexibility index (Phi) is 7.25. The van der Waals surface area contributed by atoms with Crippen molar-refractivity contribution in [2.45, 2.75) is 19.8 Å². The summed E-state index contributed by atoms with van der Waals surface area (Å²) in [6.45, 7) is 1.70. The largest absolute Gasteiger partial charge is 0.504 e. The first-order valence-electron chi connectivity index (χ1n) is 7.34. The standard InChI is InChI=1S/C15H21O8P/c1-2-23-15(20)11(9-24(21,22)6-5-14(18)19)7-10-3-4-12(16)13(17)8-10/h3-4,8,11,16-17H,2,5-7,9H2,1H3,(H,18,19)(H,21,22). The minimum absolute atomic E-state index is 0.0181. The molecule has 0 heterocycles. The Bertz CT molecular complexity index is 642. The number of benzene rings is 1.